The van der Waals surface area contributed by atoms with Gasteiger partial charge in [0.05, 0.1) is 25.3 Å². The van der Waals surface area contributed by atoms with Crippen molar-refractivity contribution in [1.82, 2.24) is 9.88 Å². The number of ether oxygens (including phenoxy) is 2. The molecule has 0 saturated carbocycles. The molecule has 1 saturated heterocycles. The minimum absolute atomic E-state index is 0.0287. The molecule has 5 nitrogen and oxygen atoms in total. The van der Waals surface area contributed by atoms with Crippen LogP contribution in [0, 0.1) is 6.92 Å². The first-order valence-corrected chi connectivity index (χ1v) is 11.5. The number of nitrogens with zero attached hydrogens (tertiary/aromatic N) is 2. The highest BCUT2D eigenvalue weighted by atomic mass is 16.6. The van der Waals surface area contributed by atoms with Crippen LogP contribution in [0.2, 0.25) is 0 Å². The van der Waals surface area contributed by atoms with E-state index >= 15 is 0 Å². The van der Waals surface area contributed by atoms with Gasteiger partial charge >= 0.3 is 6.09 Å². The Balaban J connectivity index is 1.23. The number of carbonyl (C=O) groups excluding carboxylic acids is 1. The van der Waals surface area contributed by atoms with Crippen molar-refractivity contribution in [3.05, 3.63) is 95.3 Å². The third-order valence-corrected chi connectivity index (χ3v) is 7.10. The molecule has 0 radical (unpaired) electrons. The number of rotatable bonds is 3. The second kappa shape index (κ2) is 8.16. The molecule has 6 rings (SSSR count). The molecule has 1 aromatic heterocycles. The summed E-state index contributed by atoms with van der Waals surface area (Å²) in [4.78, 5) is 19.6. The summed E-state index contributed by atoms with van der Waals surface area (Å²) in [6.07, 6.45) is 4.46. The highest BCUT2D eigenvalue weighted by Gasteiger charge is 2.40. The van der Waals surface area contributed by atoms with E-state index in [9.17, 15) is 4.79 Å². The molecule has 33 heavy (non-hydrogen) atoms. The number of morpholine rings is 1. The maximum atomic E-state index is 13.3. The van der Waals surface area contributed by atoms with Crippen molar-refractivity contribution in [2.75, 3.05) is 19.8 Å². The molecule has 5 heteroatoms. The quantitative estimate of drug-likeness (QED) is 0.564. The van der Waals surface area contributed by atoms with Crippen molar-refractivity contribution in [3.8, 4) is 11.1 Å². The van der Waals surface area contributed by atoms with Crippen molar-refractivity contribution in [2.24, 2.45) is 0 Å². The summed E-state index contributed by atoms with van der Waals surface area (Å²) >= 11 is 0. The molecule has 3 aromatic rings. The lowest BCUT2D eigenvalue weighted by Crippen LogP contribution is -2.56. The third kappa shape index (κ3) is 3.44. The fraction of sp³-hybridized carbons (Fsp3) is 0.286. The molecular formula is C28H26N2O3. The van der Waals surface area contributed by atoms with Gasteiger partial charge in [-0.15, -0.1) is 0 Å². The Kier molecular flexibility index (Phi) is 4.99. The molecule has 2 unspecified atom stereocenters. The fourth-order valence-electron chi connectivity index (χ4n) is 5.57. The Morgan fingerprint density at radius 3 is 2.39 bits per heavy atom. The smallest absolute Gasteiger partial charge is 0.410 e. The third-order valence-electron chi connectivity index (χ3n) is 7.10. The summed E-state index contributed by atoms with van der Waals surface area (Å²) in [5.74, 6) is 0.0615. The number of amides is 1. The Bertz CT molecular complexity index is 1210. The van der Waals surface area contributed by atoms with Gasteiger partial charge in [-0.25, -0.2) is 4.79 Å². The van der Waals surface area contributed by atoms with E-state index in [0.29, 0.717) is 19.8 Å². The van der Waals surface area contributed by atoms with Crippen LogP contribution in [0.25, 0.3) is 16.7 Å². The van der Waals surface area contributed by atoms with Crippen LogP contribution in [0.15, 0.2) is 72.9 Å². The lowest BCUT2D eigenvalue weighted by atomic mass is 9.89. The van der Waals surface area contributed by atoms with Crippen molar-refractivity contribution < 1.29 is 14.3 Å². The first-order chi connectivity index (χ1) is 16.2. The van der Waals surface area contributed by atoms with E-state index in [1.807, 2.05) is 24.1 Å². The van der Waals surface area contributed by atoms with E-state index in [1.165, 1.54) is 27.8 Å². The molecule has 166 valence electrons. The topological polar surface area (TPSA) is 51.7 Å². The number of hydrogen-bond donors (Lipinski definition) is 0. The van der Waals surface area contributed by atoms with Crippen molar-refractivity contribution in [2.45, 2.75) is 31.3 Å². The van der Waals surface area contributed by atoms with Gasteiger partial charge < -0.3 is 9.47 Å². The molecule has 2 aliphatic heterocycles. The normalized spacial score (nSPS) is 21.2. The van der Waals surface area contributed by atoms with Gasteiger partial charge in [0.15, 0.2) is 0 Å². The Morgan fingerprint density at radius 1 is 1.00 bits per heavy atom. The van der Waals surface area contributed by atoms with Crippen LogP contribution >= 0.6 is 0 Å². The SMILES string of the molecule is Cc1ncccc1C1=CC2COCC(C1)N2C(=O)OCC1c2ccccc2-c2ccccc21. The summed E-state index contributed by atoms with van der Waals surface area (Å²) in [5.41, 5.74) is 8.32. The van der Waals surface area contributed by atoms with Crippen LogP contribution in [0.1, 0.15) is 34.7 Å². The van der Waals surface area contributed by atoms with Gasteiger partial charge in [0.1, 0.15) is 6.61 Å². The number of fused-ring (bicyclic) bond motifs is 5. The highest BCUT2D eigenvalue weighted by Crippen LogP contribution is 2.44. The average Bonchev–Trinajstić information content (AvgIpc) is 3.16. The zero-order valence-electron chi connectivity index (χ0n) is 18.6. The average molecular weight is 439 g/mol. The van der Waals surface area contributed by atoms with E-state index < -0.39 is 0 Å². The van der Waals surface area contributed by atoms with Crippen LogP contribution < -0.4 is 0 Å². The second-order valence-corrected chi connectivity index (χ2v) is 9.00. The zero-order valence-corrected chi connectivity index (χ0v) is 18.6. The van der Waals surface area contributed by atoms with Gasteiger partial charge in [-0.2, -0.15) is 0 Å². The monoisotopic (exact) mass is 438 g/mol. The summed E-state index contributed by atoms with van der Waals surface area (Å²) in [5, 5.41) is 0. The maximum Gasteiger partial charge on any atom is 0.410 e. The molecule has 1 amide bonds. The van der Waals surface area contributed by atoms with E-state index in [1.54, 1.807) is 0 Å². The van der Waals surface area contributed by atoms with Gasteiger partial charge in [0.2, 0.25) is 0 Å². The van der Waals surface area contributed by atoms with E-state index in [2.05, 4.69) is 65.7 Å². The zero-order chi connectivity index (χ0) is 22.4. The first-order valence-electron chi connectivity index (χ1n) is 11.5. The summed E-state index contributed by atoms with van der Waals surface area (Å²) < 4.78 is 11.8. The first kappa shape index (κ1) is 20.2. The molecular weight excluding hydrogens is 412 g/mol. The highest BCUT2D eigenvalue weighted by molar-refractivity contribution is 5.79. The molecule has 1 aliphatic carbocycles. The molecule has 2 aromatic carbocycles. The van der Waals surface area contributed by atoms with Gasteiger partial charge in [-0.1, -0.05) is 60.7 Å². The van der Waals surface area contributed by atoms with Crippen LogP contribution in [0.4, 0.5) is 4.79 Å². The predicted octanol–water partition coefficient (Wildman–Crippen LogP) is 5.20. The molecule has 3 aliphatic rings. The van der Waals surface area contributed by atoms with Gasteiger partial charge in [-0.05, 0) is 52.8 Å². The summed E-state index contributed by atoms with van der Waals surface area (Å²) in [6.45, 7) is 3.38. The molecule has 1 fully saturated rings. The molecule has 0 spiro atoms. The number of hydrogen-bond acceptors (Lipinski definition) is 4. The Morgan fingerprint density at radius 2 is 1.70 bits per heavy atom. The minimum Gasteiger partial charge on any atom is -0.448 e. The van der Waals surface area contributed by atoms with Crippen LogP contribution in [-0.2, 0) is 9.47 Å². The van der Waals surface area contributed by atoms with Crippen molar-refractivity contribution in [3.63, 3.8) is 0 Å². The van der Waals surface area contributed by atoms with Crippen molar-refractivity contribution >= 4 is 11.7 Å². The lowest BCUT2D eigenvalue weighted by Gasteiger charge is -2.44. The fourth-order valence-corrected chi connectivity index (χ4v) is 5.57. The standard InChI is InChI=1S/C28H26N2O3/c1-18-22(11-6-12-29-18)19-13-20-15-32-16-21(14-19)30(20)28(31)33-17-27-25-9-4-2-7-23(25)24-8-3-5-10-26(24)27/h2-13,20-21,27H,14-17H2,1H3. The van der Waals surface area contributed by atoms with Crippen molar-refractivity contribution in [1.29, 1.82) is 0 Å². The van der Waals surface area contributed by atoms with Crippen LogP contribution in [0.5, 0.6) is 0 Å². The Labute approximate surface area is 193 Å². The van der Waals surface area contributed by atoms with E-state index in [4.69, 9.17) is 9.47 Å². The van der Waals surface area contributed by atoms with Crippen LogP contribution in [0.3, 0.4) is 0 Å². The number of carbonyl (C=O) groups is 1. The van der Waals surface area contributed by atoms with E-state index in [0.717, 1.165) is 17.7 Å². The molecule has 0 N–H and O–H groups in total. The number of aromatic nitrogens is 1. The van der Waals surface area contributed by atoms with Gasteiger partial charge in [0, 0.05) is 17.8 Å². The second-order valence-electron chi connectivity index (χ2n) is 9.00. The van der Waals surface area contributed by atoms with Gasteiger partial charge in [0.25, 0.3) is 0 Å². The maximum absolute atomic E-state index is 13.3. The number of pyridine rings is 1. The Hall–Kier alpha value is -3.44. The summed E-state index contributed by atoms with van der Waals surface area (Å²) in [6, 6.07) is 20.7. The molecule has 3 heterocycles. The predicted molar refractivity (Wildman–Crippen MR) is 127 cm³/mol. The number of benzene rings is 2. The largest absolute Gasteiger partial charge is 0.448 e. The van der Waals surface area contributed by atoms with Gasteiger partial charge in [-0.3, -0.25) is 9.88 Å². The summed E-state index contributed by atoms with van der Waals surface area (Å²) in [7, 11) is 0. The number of aryl methyl sites for hydroxylation is 1. The molecule has 2 bridgehead atoms. The lowest BCUT2D eigenvalue weighted by molar-refractivity contribution is -0.0331. The van der Waals surface area contributed by atoms with Crippen LogP contribution in [-0.4, -0.2) is 47.9 Å². The molecule has 2 atom stereocenters. The van der Waals surface area contributed by atoms with E-state index in [-0.39, 0.29) is 24.1 Å². The minimum atomic E-state index is -0.256.